The lowest BCUT2D eigenvalue weighted by Crippen LogP contribution is -2.32. The van der Waals surface area contributed by atoms with Crippen molar-refractivity contribution in [2.45, 2.75) is 33.1 Å². The molecule has 0 saturated carbocycles. The number of ether oxygens (including phenoxy) is 2. The third-order valence-corrected chi connectivity index (χ3v) is 7.96. The Morgan fingerprint density at radius 3 is 2.60 bits per heavy atom. The van der Waals surface area contributed by atoms with Crippen LogP contribution in [-0.2, 0) is 27.2 Å². The minimum atomic E-state index is -1.04. The first-order chi connectivity index (χ1) is 19.2. The SMILES string of the molecule is CCOC(=O)c1c(NC(=O)C(=O)N/N=C\c2cc(Br)ccc2OC(=O)c2ccc(Cl)cc2)sc2c1CC[C@@H](C)C2. The molecule has 40 heavy (non-hydrogen) atoms. The third kappa shape index (κ3) is 7.15. The molecule has 4 rings (SSSR count). The summed E-state index contributed by atoms with van der Waals surface area (Å²) in [6.07, 6.45) is 3.66. The van der Waals surface area contributed by atoms with Gasteiger partial charge in [-0.2, -0.15) is 5.10 Å². The van der Waals surface area contributed by atoms with Crippen LogP contribution in [0, 0.1) is 5.92 Å². The molecule has 0 bridgehead atoms. The van der Waals surface area contributed by atoms with Crippen molar-refractivity contribution in [3.05, 3.63) is 79.1 Å². The fourth-order valence-electron chi connectivity index (χ4n) is 4.09. The third-order valence-electron chi connectivity index (χ3n) is 6.05. The highest BCUT2D eigenvalue weighted by atomic mass is 79.9. The molecule has 1 aromatic heterocycles. The van der Waals surface area contributed by atoms with Gasteiger partial charge in [0.1, 0.15) is 10.8 Å². The molecule has 2 N–H and O–H groups in total. The predicted molar refractivity (Wildman–Crippen MR) is 156 cm³/mol. The second kappa shape index (κ2) is 13.2. The molecule has 1 aliphatic carbocycles. The molecule has 0 aliphatic heterocycles. The maximum Gasteiger partial charge on any atom is 0.343 e. The van der Waals surface area contributed by atoms with Crippen LogP contribution in [0.4, 0.5) is 5.00 Å². The van der Waals surface area contributed by atoms with Crippen molar-refractivity contribution in [2.75, 3.05) is 11.9 Å². The first-order valence-corrected chi connectivity index (χ1v) is 14.4. The second-order valence-corrected chi connectivity index (χ2v) is 11.5. The molecule has 9 nitrogen and oxygen atoms in total. The zero-order valence-electron chi connectivity index (χ0n) is 21.6. The van der Waals surface area contributed by atoms with Gasteiger partial charge >= 0.3 is 23.8 Å². The van der Waals surface area contributed by atoms with Crippen LogP contribution in [0.15, 0.2) is 52.0 Å². The lowest BCUT2D eigenvalue weighted by atomic mass is 9.88. The number of hydrogen-bond acceptors (Lipinski definition) is 8. The number of anilines is 1. The van der Waals surface area contributed by atoms with Gasteiger partial charge in [0.2, 0.25) is 0 Å². The molecule has 208 valence electrons. The lowest BCUT2D eigenvalue weighted by molar-refractivity contribution is -0.136. The number of benzene rings is 2. The number of hydrogen-bond donors (Lipinski definition) is 2. The van der Waals surface area contributed by atoms with E-state index in [9.17, 15) is 19.2 Å². The van der Waals surface area contributed by atoms with E-state index in [1.807, 2.05) is 0 Å². The number of hydrazone groups is 1. The standard InChI is InChI=1S/C28H25BrClN3O6S/c1-3-38-28(37)23-20-10-4-15(2)12-22(20)40-26(23)32-24(34)25(35)33-31-14-17-13-18(29)7-11-21(17)39-27(36)16-5-8-19(30)9-6-16/h5-9,11,13-15H,3-4,10,12H2,1-2H3,(H,32,34)(H,33,35)/b31-14-/t15-/m1/s1. The maximum absolute atomic E-state index is 12.7. The van der Waals surface area contributed by atoms with E-state index in [0.29, 0.717) is 38.5 Å². The summed E-state index contributed by atoms with van der Waals surface area (Å²) in [6.45, 7) is 4.03. The smallest absolute Gasteiger partial charge is 0.343 e. The molecule has 0 radical (unpaired) electrons. The van der Waals surface area contributed by atoms with E-state index in [1.165, 1.54) is 29.7 Å². The number of halogens is 2. The van der Waals surface area contributed by atoms with E-state index in [1.54, 1.807) is 37.3 Å². The van der Waals surface area contributed by atoms with Crippen LogP contribution in [0.25, 0.3) is 0 Å². The van der Waals surface area contributed by atoms with Gasteiger partial charge in [-0.15, -0.1) is 11.3 Å². The molecule has 0 unspecified atom stereocenters. The van der Waals surface area contributed by atoms with E-state index in [-0.39, 0.29) is 17.4 Å². The molecule has 3 aromatic rings. The molecule has 0 saturated heterocycles. The summed E-state index contributed by atoms with van der Waals surface area (Å²) >= 11 is 10.5. The highest BCUT2D eigenvalue weighted by Crippen LogP contribution is 2.40. The summed E-state index contributed by atoms with van der Waals surface area (Å²) in [5, 5.41) is 7.17. The average Bonchev–Trinajstić information content (AvgIpc) is 3.27. The van der Waals surface area contributed by atoms with Crippen LogP contribution in [0.2, 0.25) is 5.02 Å². The largest absolute Gasteiger partial charge is 0.462 e. The Morgan fingerprint density at radius 1 is 1.12 bits per heavy atom. The number of fused-ring (bicyclic) bond motifs is 1. The van der Waals surface area contributed by atoms with Crippen molar-refractivity contribution in [3.8, 4) is 5.75 Å². The molecule has 12 heteroatoms. The number of carbonyl (C=O) groups is 4. The number of nitrogens with zero attached hydrogens (tertiary/aromatic N) is 1. The number of esters is 2. The molecular formula is C28H25BrClN3O6S. The minimum Gasteiger partial charge on any atom is -0.462 e. The molecule has 1 heterocycles. The summed E-state index contributed by atoms with van der Waals surface area (Å²) in [7, 11) is 0. The van der Waals surface area contributed by atoms with Crippen LogP contribution >= 0.6 is 38.9 Å². The fraction of sp³-hybridized carbons (Fsp3) is 0.250. The zero-order chi connectivity index (χ0) is 28.8. The van der Waals surface area contributed by atoms with Gasteiger partial charge in [0.05, 0.1) is 23.9 Å². The van der Waals surface area contributed by atoms with E-state index < -0.39 is 23.8 Å². The van der Waals surface area contributed by atoms with Crippen LogP contribution in [-0.4, -0.2) is 36.6 Å². The Kier molecular flexibility index (Phi) is 9.72. The topological polar surface area (TPSA) is 123 Å². The second-order valence-electron chi connectivity index (χ2n) is 9.01. The first-order valence-electron chi connectivity index (χ1n) is 12.4. The van der Waals surface area contributed by atoms with Crippen molar-refractivity contribution in [3.63, 3.8) is 0 Å². The molecule has 1 aliphatic rings. The van der Waals surface area contributed by atoms with Crippen molar-refractivity contribution in [1.82, 2.24) is 5.43 Å². The normalized spacial score (nSPS) is 14.3. The van der Waals surface area contributed by atoms with Gasteiger partial charge in [-0.1, -0.05) is 34.5 Å². The fourth-order valence-corrected chi connectivity index (χ4v) is 5.99. The van der Waals surface area contributed by atoms with Gasteiger partial charge in [0.25, 0.3) is 0 Å². The highest BCUT2D eigenvalue weighted by molar-refractivity contribution is 9.10. The minimum absolute atomic E-state index is 0.183. The number of amides is 2. The quantitative estimate of drug-likeness (QED) is 0.110. The summed E-state index contributed by atoms with van der Waals surface area (Å²) in [6, 6.07) is 11.1. The van der Waals surface area contributed by atoms with Gasteiger partial charge in [0.15, 0.2) is 0 Å². The maximum atomic E-state index is 12.7. The Hall–Kier alpha value is -3.54. The van der Waals surface area contributed by atoms with Gasteiger partial charge in [0, 0.05) is 19.9 Å². The van der Waals surface area contributed by atoms with Crippen LogP contribution in [0.1, 0.15) is 57.0 Å². The van der Waals surface area contributed by atoms with Crippen molar-refractivity contribution in [2.24, 2.45) is 11.0 Å². The Morgan fingerprint density at radius 2 is 1.88 bits per heavy atom. The van der Waals surface area contributed by atoms with Gasteiger partial charge < -0.3 is 14.8 Å². The van der Waals surface area contributed by atoms with Crippen LogP contribution in [0.3, 0.4) is 0 Å². The van der Waals surface area contributed by atoms with Gasteiger partial charge in [-0.05, 0) is 80.1 Å². The van der Waals surface area contributed by atoms with Crippen LogP contribution < -0.4 is 15.5 Å². The summed E-state index contributed by atoms with van der Waals surface area (Å²) in [5.74, 6) is -2.53. The molecule has 2 aromatic carbocycles. The van der Waals surface area contributed by atoms with Crippen molar-refractivity contribution in [1.29, 1.82) is 0 Å². The monoisotopic (exact) mass is 645 g/mol. The highest BCUT2D eigenvalue weighted by Gasteiger charge is 2.30. The molecule has 0 spiro atoms. The van der Waals surface area contributed by atoms with Crippen LogP contribution in [0.5, 0.6) is 5.75 Å². The number of rotatable bonds is 7. The zero-order valence-corrected chi connectivity index (χ0v) is 24.7. The van der Waals surface area contributed by atoms with Gasteiger partial charge in [-0.3, -0.25) is 9.59 Å². The number of thiophene rings is 1. The summed E-state index contributed by atoms with van der Waals surface area (Å²) in [4.78, 5) is 51.4. The van der Waals surface area contributed by atoms with Crippen molar-refractivity contribution >= 4 is 73.8 Å². The molecule has 0 fully saturated rings. The van der Waals surface area contributed by atoms with Crippen molar-refractivity contribution < 1.29 is 28.7 Å². The molecular weight excluding hydrogens is 622 g/mol. The van der Waals surface area contributed by atoms with E-state index >= 15 is 0 Å². The summed E-state index contributed by atoms with van der Waals surface area (Å²) < 4.78 is 11.4. The first kappa shape index (κ1) is 29.4. The Balaban J connectivity index is 1.45. The van der Waals surface area contributed by atoms with E-state index in [2.05, 4.69) is 38.7 Å². The Bertz CT molecular complexity index is 1490. The number of nitrogens with one attached hydrogen (secondary N) is 2. The average molecular weight is 647 g/mol. The molecule has 1 atom stereocenters. The lowest BCUT2D eigenvalue weighted by Gasteiger charge is -2.18. The van der Waals surface area contributed by atoms with E-state index in [0.717, 1.165) is 23.3 Å². The van der Waals surface area contributed by atoms with Gasteiger partial charge in [-0.25, -0.2) is 15.0 Å². The predicted octanol–water partition coefficient (Wildman–Crippen LogP) is 5.77. The number of carbonyl (C=O) groups excluding carboxylic acids is 4. The Labute approximate surface area is 248 Å². The molecule has 2 amide bonds. The summed E-state index contributed by atoms with van der Waals surface area (Å²) in [5.41, 5.74) is 4.00. The van der Waals surface area contributed by atoms with E-state index in [4.69, 9.17) is 21.1 Å².